The Balaban J connectivity index is 2.00. The van der Waals surface area contributed by atoms with Crippen LogP contribution in [0.15, 0.2) is 42.5 Å². The molecule has 3 rings (SSSR count). The molecule has 0 aromatic heterocycles. The van der Waals surface area contributed by atoms with Crippen molar-refractivity contribution in [3.8, 4) is 0 Å². The van der Waals surface area contributed by atoms with Crippen LogP contribution in [-0.2, 0) is 4.79 Å². The molecule has 1 atom stereocenters. The molecule has 0 saturated heterocycles. The van der Waals surface area contributed by atoms with Gasteiger partial charge in [-0.3, -0.25) is 14.4 Å². The van der Waals surface area contributed by atoms with Gasteiger partial charge in [-0.05, 0) is 12.5 Å². The number of fused-ring (bicyclic) bond motifs is 2. The van der Waals surface area contributed by atoms with E-state index in [9.17, 15) is 14.4 Å². The van der Waals surface area contributed by atoms with Gasteiger partial charge in [0.15, 0.2) is 11.6 Å². The number of hydrogen-bond acceptors (Lipinski definition) is 4. The largest absolute Gasteiger partial charge is 0.365 e. The minimum atomic E-state index is -0.391. The quantitative estimate of drug-likeness (QED) is 0.544. The van der Waals surface area contributed by atoms with Crippen molar-refractivity contribution in [2.24, 2.45) is 0 Å². The van der Waals surface area contributed by atoms with Crippen molar-refractivity contribution in [3.05, 3.63) is 64.7 Å². The molecule has 0 bridgehead atoms. The SMILES string of the molecule is CCC(NC(=O)CCl)Nc1cccc2c1C(=O)c1ccccc1C2=O. The second-order valence-electron chi connectivity index (χ2n) is 5.74. The average molecular weight is 357 g/mol. The zero-order valence-electron chi connectivity index (χ0n) is 13.6. The topological polar surface area (TPSA) is 75.3 Å². The molecule has 0 heterocycles. The predicted molar refractivity (Wildman–Crippen MR) is 96.3 cm³/mol. The summed E-state index contributed by atoms with van der Waals surface area (Å²) in [4.78, 5) is 37.2. The highest BCUT2D eigenvalue weighted by molar-refractivity contribution is 6.30. The Morgan fingerprint density at radius 3 is 2.28 bits per heavy atom. The van der Waals surface area contributed by atoms with E-state index in [1.54, 1.807) is 42.5 Å². The molecule has 1 amide bonds. The molecule has 1 aliphatic carbocycles. The number of nitrogens with one attached hydrogen (secondary N) is 2. The number of benzene rings is 2. The summed E-state index contributed by atoms with van der Waals surface area (Å²) in [5.74, 6) is -0.826. The van der Waals surface area contributed by atoms with Gasteiger partial charge in [-0.2, -0.15) is 0 Å². The highest BCUT2D eigenvalue weighted by atomic mass is 35.5. The summed E-state index contributed by atoms with van der Waals surface area (Å²) in [7, 11) is 0. The highest BCUT2D eigenvalue weighted by Crippen LogP contribution is 2.32. The van der Waals surface area contributed by atoms with Gasteiger partial charge in [0, 0.05) is 22.4 Å². The van der Waals surface area contributed by atoms with E-state index < -0.39 is 6.17 Å². The number of hydrogen-bond donors (Lipinski definition) is 2. The van der Waals surface area contributed by atoms with Gasteiger partial charge in [0.25, 0.3) is 0 Å². The van der Waals surface area contributed by atoms with Gasteiger partial charge in [0.05, 0.1) is 11.7 Å². The number of rotatable bonds is 5. The number of amides is 1. The minimum absolute atomic E-state index is 0.143. The number of ketones is 2. The summed E-state index contributed by atoms with van der Waals surface area (Å²) in [6.07, 6.45) is 0.197. The van der Waals surface area contributed by atoms with Crippen LogP contribution in [0.4, 0.5) is 5.69 Å². The maximum atomic E-state index is 12.9. The van der Waals surface area contributed by atoms with Crippen molar-refractivity contribution in [2.75, 3.05) is 11.2 Å². The third-order valence-electron chi connectivity index (χ3n) is 4.15. The van der Waals surface area contributed by atoms with Gasteiger partial charge >= 0.3 is 0 Å². The molecule has 0 radical (unpaired) electrons. The van der Waals surface area contributed by atoms with Crippen molar-refractivity contribution in [2.45, 2.75) is 19.5 Å². The fourth-order valence-corrected chi connectivity index (χ4v) is 3.00. The molecule has 128 valence electrons. The lowest BCUT2D eigenvalue weighted by molar-refractivity contribution is -0.119. The van der Waals surface area contributed by atoms with E-state index in [0.29, 0.717) is 34.4 Å². The van der Waals surface area contributed by atoms with E-state index >= 15 is 0 Å². The summed E-state index contributed by atoms with van der Waals surface area (Å²) >= 11 is 5.53. The fourth-order valence-electron chi connectivity index (χ4n) is 2.93. The Hall–Kier alpha value is -2.66. The fraction of sp³-hybridized carbons (Fsp3) is 0.211. The third kappa shape index (κ3) is 3.15. The van der Waals surface area contributed by atoms with Crippen molar-refractivity contribution >= 4 is 34.8 Å². The number of alkyl halides is 1. The molecule has 0 fully saturated rings. The molecule has 5 nitrogen and oxygen atoms in total. The second-order valence-corrected chi connectivity index (χ2v) is 6.01. The van der Waals surface area contributed by atoms with Crippen LogP contribution in [0.25, 0.3) is 0 Å². The second kappa shape index (κ2) is 7.07. The third-order valence-corrected chi connectivity index (χ3v) is 4.39. The van der Waals surface area contributed by atoms with Gasteiger partial charge < -0.3 is 10.6 Å². The Kier molecular flexibility index (Phi) is 4.86. The Labute approximate surface area is 150 Å². The average Bonchev–Trinajstić information content (AvgIpc) is 2.65. The number of anilines is 1. The first-order chi connectivity index (χ1) is 12.1. The Bertz CT molecular complexity index is 863. The van der Waals surface area contributed by atoms with Crippen LogP contribution in [0.2, 0.25) is 0 Å². The lowest BCUT2D eigenvalue weighted by Crippen LogP contribution is -2.41. The molecule has 0 aliphatic heterocycles. The first kappa shape index (κ1) is 17.2. The van der Waals surface area contributed by atoms with Crippen LogP contribution in [0, 0.1) is 0 Å². The van der Waals surface area contributed by atoms with Crippen LogP contribution in [0.5, 0.6) is 0 Å². The number of carbonyl (C=O) groups is 3. The van der Waals surface area contributed by atoms with Crippen LogP contribution < -0.4 is 10.6 Å². The van der Waals surface area contributed by atoms with Crippen LogP contribution in [0.3, 0.4) is 0 Å². The van der Waals surface area contributed by atoms with E-state index in [2.05, 4.69) is 10.6 Å². The van der Waals surface area contributed by atoms with Gasteiger partial charge in [0.1, 0.15) is 5.88 Å². The molecule has 6 heteroatoms. The first-order valence-electron chi connectivity index (χ1n) is 8.00. The molecule has 2 aromatic rings. The summed E-state index contributed by atoms with van der Waals surface area (Å²) in [5, 5.41) is 5.88. The van der Waals surface area contributed by atoms with Crippen molar-refractivity contribution < 1.29 is 14.4 Å². The Morgan fingerprint density at radius 1 is 1.00 bits per heavy atom. The summed E-state index contributed by atoms with van der Waals surface area (Å²) in [6, 6.07) is 11.9. The van der Waals surface area contributed by atoms with Crippen LogP contribution >= 0.6 is 11.6 Å². The monoisotopic (exact) mass is 356 g/mol. The van der Waals surface area contributed by atoms with Crippen molar-refractivity contribution in [1.82, 2.24) is 5.32 Å². The summed E-state index contributed by atoms with van der Waals surface area (Å²) in [6.45, 7) is 1.89. The van der Waals surface area contributed by atoms with E-state index in [4.69, 9.17) is 11.6 Å². The normalized spacial score (nSPS) is 13.7. The number of carbonyl (C=O) groups excluding carboxylic acids is 3. The maximum Gasteiger partial charge on any atom is 0.236 e. The molecule has 2 aromatic carbocycles. The molecule has 0 saturated carbocycles. The highest BCUT2D eigenvalue weighted by Gasteiger charge is 2.31. The van der Waals surface area contributed by atoms with Gasteiger partial charge in [-0.15, -0.1) is 11.6 Å². The molecular weight excluding hydrogens is 340 g/mol. The van der Waals surface area contributed by atoms with E-state index in [-0.39, 0.29) is 23.4 Å². The molecule has 25 heavy (non-hydrogen) atoms. The lowest BCUT2D eigenvalue weighted by atomic mass is 9.83. The van der Waals surface area contributed by atoms with E-state index in [1.807, 2.05) is 6.92 Å². The van der Waals surface area contributed by atoms with E-state index in [1.165, 1.54) is 0 Å². The van der Waals surface area contributed by atoms with E-state index in [0.717, 1.165) is 0 Å². The summed E-state index contributed by atoms with van der Waals surface area (Å²) < 4.78 is 0. The zero-order chi connectivity index (χ0) is 18.0. The molecule has 1 aliphatic rings. The van der Waals surface area contributed by atoms with Crippen molar-refractivity contribution in [1.29, 1.82) is 0 Å². The van der Waals surface area contributed by atoms with Gasteiger partial charge in [-0.1, -0.05) is 43.3 Å². The zero-order valence-corrected chi connectivity index (χ0v) is 14.4. The molecule has 1 unspecified atom stereocenters. The smallest absolute Gasteiger partial charge is 0.236 e. The molecule has 2 N–H and O–H groups in total. The van der Waals surface area contributed by atoms with Crippen LogP contribution in [0.1, 0.15) is 45.2 Å². The first-order valence-corrected chi connectivity index (χ1v) is 8.53. The van der Waals surface area contributed by atoms with Gasteiger partial charge in [0.2, 0.25) is 5.91 Å². The molecule has 0 spiro atoms. The van der Waals surface area contributed by atoms with Crippen molar-refractivity contribution in [3.63, 3.8) is 0 Å². The van der Waals surface area contributed by atoms with Crippen LogP contribution in [-0.4, -0.2) is 29.5 Å². The van der Waals surface area contributed by atoms with Gasteiger partial charge in [-0.25, -0.2) is 0 Å². The Morgan fingerprint density at radius 2 is 1.64 bits per heavy atom. The number of halogens is 1. The summed E-state index contributed by atoms with van der Waals surface area (Å²) in [5.41, 5.74) is 2.04. The minimum Gasteiger partial charge on any atom is -0.365 e. The predicted octanol–water partition coefficient (Wildman–Crippen LogP) is 2.97. The molecular formula is C19H17ClN2O3. The maximum absolute atomic E-state index is 12.9. The lowest BCUT2D eigenvalue weighted by Gasteiger charge is -2.24. The standard InChI is InChI=1S/C19H17ClN2O3/c1-2-15(22-16(23)10-20)21-14-9-5-8-13-17(14)19(25)12-7-4-3-6-11(12)18(13)24/h3-9,15,21H,2,10H2,1H3,(H,22,23).